The van der Waals surface area contributed by atoms with E-state index in [4.69, 9.17) is 4.74 Å². The van der Waals surface area contributed by atoms with Gasteiger partial charge in [-0.25, -0.2) is 0 Å². The molecule has 0 fully saturated rings. The van der Waals surface area contributed by atoms with Crippen LogP contribution in [0.3, 0.4) is 0 Å². The summed E-state index contributed by atoms with van der Waals surface area (Å²) in [5, 5.41) is 2.91. The number of rotatable bonds is 5. The number of carbonyl (C=O) groups excluding carboxylic acids is 1. The van der Waals surface area contributed by atoms with E-state index in [0.29, 0.717) is 18.1 Å². The Labute approximate surface area is 114 Å². The van der Waals surface area contributed by atoms with Crippen LogP contribution in [0.2, 0.25) is 0 Å². The van der Waals surface area contributed by atoms with Crippen molar-refractivity contribution in [3.05, 3.63) is 23.3 Å². The molecule has 1 aromatic rings. The maximum atomic E-state index is 11.6. The Hall–Kier alpha value is -1.16. The number of carbonyl (C=O) groups is 1. The lowest BCUT2D eigenvalue weighted by molar-refractivity contribution is -0.115. The average molecular weight is 267 g/mol. The molecule has 0 bridgehead atoms. The predicted octanol–water partition coefficient (Wildman–Crippen LogP) is 3.39. The summed E-state index contributed by atoms with van der Waals surface area (Å²) in [5.41, 5.74) is 2.96. The molecule has 0 spiro atoms. The molecule has 18 heavy (non-hydrogen) atoms. The fourth-order valence-electron chi connectivity index (χ4n) is 1.78. The molecular formula is C14H21NO2S. The summed E-state index contributed by atoms with van der Waals surface area (Å²) in [6, 6.07) is 3.96. The van der Waals surface area contributed by atoms with Gasteiger partial charge in [0.25, 0.3) is 0 Å². The molecule has 0 aromatic heterocycles. The molecule has 3 nitrogen and oxygen atoms in total. The predicted molar refractivity (Wildman–Crippen MR) is 78.9 cm³/mol. The summed E-state index contributed by atoms with van der Waals surface area (Å²) in [7, 11) is 1.67. The first-order chi connectivity index (χ1) is 8.49. The van der Waals surface area contributed by atoms with Gasteiger partial charge in [0.05, 0.1) is 7.11 Å². The summed E-state index contributed by atoms with van der Waals surface area (Å²) < 4.78 is 5.37. The van der Waals surface area contributed by atoms with Gasteiger partial charge in [-0.2, -0.15) is 12.6 Å². The number of anilines is 1. The lowest BCUT2D eigenvalue weighted by Gasteiger charge is -2.16. The Bertz CT molecular complexity index is 430. The van der Waals surface area contributed by atoms with E-state index >= 15 is 0 Å². The van der Waals surface area contributed by atoms with Crippen LogP contribution in [0.15, 0.2) is 12.1 Å². The molecule has 1 N–H and O–H groups in total. The van der Waals surface area contributed by atoms with E-state index in [9.17, 15) is 4.79 Å². The molecule has 0 atom stereocenters. The standard InChI is InChI=1S/C14H21NO2S/c1-9(2)11-8-12(15-14(16)5-6-18)10(3)7-13(11)17-4/h7-9,18H,5-6H2,1-4H3,(H,15,16). The first-order valence-corrected chi connectivity index (χ1v) is 6.72. The number of nitrogens with one attached hydrogen (secondary N) is 1. The lowest BCUT2D eigenvalue weighted by atomic mass is 9.99. The number of hydrogen-bond acceptors (Lipinski definition) is 3. The van der Waals surface area contributed by atoms with Crippen LogP contribution in [0.25, 0.3) is 0 Å². The first-order valence-electron chi connectivity index (χ1n) is 6.08. The molecule has 0 aliphatic carbocycles. The average Bonchev–Trinajstić information content (AvgIpc) is 2.31. The number of thiol groups is 1. The minimum absolute atomic E-state index is 0.00651. The molecule has 1 aromatic carbocycles. The van der Waals surface area contributed by atoms with Gasteiger partial charge in [-0.3, -0.25) is 4.79 Å². The highest BCUT2D eigenvalue weighted by Gasteiger charge is 2.12. The summed E-state index contributed by atoms with van der Waals surface area (Å²) in [5.74, 6) is 1.77. The van der Waals surface area contributed by atoms with Gasteiger partial charge in [0.2, 0.25) is 5.91 Å². The van der Waals surface area contributed by atoms with E-state index in [1.54, 1.807) is 7.11 Å². The van der Waals surface area contributed by atoms with Crippen LogP contribution in [0.1, 0.15) is 37.3 Å². The Balaban J connectivity index is 3.05. The van der Waals surface area contributed by atoms with Gasteiger partial charge in [-0.1, -0.05) is 13.8 Å². The highest BCUT2D eigenvalue weighted by Crippen LogP contribution is 2.32. The zero-order chi connectivity index (χ0) is 13.7. The topological polar surface area (TPSA) is 38.3 Å². The number of aryl methyl sites for hydroxylation is 1. The highest BCUT2D eigenvalue weighted by atomic mass is 32.1. The second kappa shape index (κ2) is 6.69. The maximum absolute atomic E-state index is 11.6. The van der Waals surface area contributed by atoms with Crippen LogP contribution in [0, 0.1) is 6.92 Å². The molecule has 0 saturated carbocycles. The van der Waals surface area contributed by atoms with Gasteiger partial charge in [0.15, 0.2) is 0 Å². The van der Waals surface area contributed by atoms with Crippen molar-refractivity contribution >= 4 is 24.2 Å². The SMILES string of the molecule is COc1cc(C)c(NC(=O)CCS)cc1C(C)C. The second-order valence-corrected chi connectivity index (χ2v) is 5.03. The zero-order valence-corrected chi connectivity index (χ0v) is 12.3. The van der Waals surface area contributed by atoms with Crippen LogP contribution in [0.4, 0.5) is 5.69 Å². The summed E-state index contributed by atoms with van der Waals surface area (Å²) in [6.07, 6.45) is 0.422. The third-order valence-electron chi connectivity index (χ3n) is 2.81. The molecule has 100 valence electrons. The molecule has 0 radical (unpaired) electrons. The molecule has 0 aliphatic rings. The fourth-order valence-corrected chi connectivity index (χ4v) is 1.98. The fraction of sp³-hybridized carbons (Fsp3) is 0.500. The van der Waals surface area contributed by atoms with E-state index < -0.39 is 0 Å². The molecule has 1 rings (SSSR count). The van der Waals surface area contributed by atoms with Crippen LogP contribution in [-0.2, 0) is 4.79 Å². The summed E-state index contributed by atoms with van der Waals surface area (Å²) in [6.45, 7) is 6.17. The minimum Gasteiger partial charge on any atom is -0.496 e. The number of amides is 1. The highest BCUT2D eigenvalue weighted by molar-refractivity contribution is 7.80. The Morgan fingerprint density at radius 2 is 2.11 bits per heavy atom. The van der Waals surface area contributed by atoms with Gasteiger partial charge >= 0.3 is 0 Å². The van der Waals surface area contributed by atoms with Crippen molar-refractivity contribution in [1.29, 1.82) is 0 Å². The molecule has 4 heteroatoms. The summed E-state index contributed by atoms with van der Waals surface area (Å²) >= 11 is 4.06. The molecular weight excluding hydrogens is 246 g/mol. The van der Waals surface area contributed by atoms with E-state index in [-0.39, 0.29) is 5.91 Å². The lowest BCUT2D eigenvalue weighted by Crippen LogP contribution is -2.13. The van der Waals surface area contributed by atoms with E-state index in [1.165, 1.54) is 0 Å². The van der Waals surface area contributed by atoms with Crippen molar-refractivity contribution in [2.24, 2.45) is 0 Å². The van der Waals surface area contributed by atoms with Gasteiger partial charge in [0.1, 0.15) is 5.75 Å². The molecule has 1 amide bonds. The monoisotopic (exact) mass is 267 g/mol. The van der Waals surface area contributed by atoms with Crippen molar-refractivity contribution in [3.63, 3.8) is 0 Å². The molecule has 0 aliphatic heterocycles. The van der Waals surface area contributed by atoms with E-state index in [1.807, 2.05) is 19.1 Å². The van der Waals surface area contributed by atoms with E-state index in [0.717, 1.165) is 22.6 Å². The largest absolute Gasteiger partial charge is 0.496 e. The quantitative estimate of drug-likeness (QED) is 0.803. The molecule has 0 saturated heterocycles. The van der Waals surface area contributed by atoms with E-state index in [2.05, 4.69) is 31.8 Å². The van der Waals surface area contributed by atoms with Crippen LogP contribution < -0.4 is 10.1 Å². The van der Waals surface area contributed by atoms with Crippen molar-refractivity contribution in [3.8, 4) is 5.75 Å². The smallest absolute Gasteiger partial charge is 0.225 e. The Kier molecular flexibility index (Phi) is 5.54. The molecule has 0 unspecified atom stereocenters. The normalized spacial score (nSPS) is 10.6. The van der Waals surface area contributed by atoms with Gasteiger partial charge in [-0.05, 0) is 41.9 Å². The maximum Gasteiger partial charge on any atom is 0.225 e. The number of benzene rings is 1. The van der Waals surface area contributed by atoms with Crippen LogP contribution in [-0.4, -0.2) is 18.8 Å². The van der Waals surface area contributed by atoms with Crippen LogP contribution >= 0.6 is 12.6 Å². The first kappa shape index (κ1) is 14.9. The van der Waals surface area contributed by atoms with Crippen molar-refractivity contribution < 1.29 is 9.53 Å². The van der Waals surface area contributed by atoms with Crippen LogP contribution in [0.5, 0.6) is 5.75 Å². The minimum atomic E-state index is -0.00651. The number of methoxy groups -OCH3 is 1. The zero-order valence-electron chi connectivity index (χ0n) is 11.4. The molecule has 0 heterocycles. The second-order valence-electron chi connectivity index (χ2n) is 4.59. The Morgan fingerprint density at radius 1 is 1.44 bits per heavy atom. The Morgan fingerprint density at radius 3 is 2.61 bits per heavy atom. The number of ether oxygens (including phenoxy) is 1. The third kappa shape index (κ3) is 3.67. The van der Waals surface area contributed by atoms with Crippen molar-refractivity contribution in [1.82, 2.24) is 0 Å². The van der Waals surface area contributed by atoms with Crippen molar-refractivity contribution in [2.75, 3.05) is 18.2 Å². The van der Waals surface area contributed by atoms with Crippen molar-refractivity contribution in [2.45, 2.75) is 33.1 Å². The summed E-state index contributed by atoms with van der Waals surface area (Å²) in [4.78, 5) is 11.6. The van der Waals surface area contributed by atoms with Gasteiger partial charge in [-0.15, -0.1) is 0 Å². The number of hydrogen-bond donors (Lipinski definition) is 2. The van der Waals surface area contributed by atoms with Gasteiger partial charge in [0, 0.05) is 12.1 Å². The van der Waals surface area contributed by atoms with Gasteiger partial charge < -0.3 is 10.1 Å². The third-order valence-corrected chi connectivity index (χ3v) is 3.04.